The Morgan fingerprint density at radius 2 is 2.07 bits per heavy atom. The number of methoxy groups -OCH3 is 1. The zero-order valence-electron chi connectivity index (χ0n) is 17.0. The minimum absolute atomic E-state index is 0.127. The molecule has 3 fully saturated rings. The zero-order chi connectivity index (χ0) is 20.0. The number of hydrogen-bond donors (Lipinski definition) is 0. The van der Waals surface area contributed by atoms with Crippen molar-refractivity contribution < 1.29 is 14.3 Å². The van der Waals surface area contributed by atoms with E-state index in [9.17, 15) is 9.59 Å². The second kappa shape index (κ2) is 7.48. The van der Waals surface area contributed by atoms with Gasteiger partial charge in [0.25, 0.3) is 5.91 Å². The number of rotatable bonds is 4. The molecule has 2 aromatic rings. The maximum absolute atomic E-state index is 13.6. The van der Waals surface area contributed by atoms with Crippen LogP contribution in [0.25, 0.3) is 10.9 Å². The van der Waals surface area contributed by atoms with Crippen molar-refractivity contribution >= 4 is 22.7 Å². The van der Waals surface area contributed by atoms with Gasteiger partial charge in [0.15, 0.2) is 0 Å². The number of fused-ring (bicyclic) bond motifs is 5. The standard InChI is InChI=1S/C23H29N3O3/c1-29-10-9-24-15-19(18-5-2-3-6-21(18)24)23(28)25-12-16-11-17(14-25)20-7-4-8-22(27)26(20)13-16/h2-3,5-6,15-17,20H,4,7-14H2,1H3/t16-,17+,20-/m1/s1. The van der Waals surface area contributed by atoms with E-state index in [0.29, 0.717) is 36.8 Å². The predicted octanol–water partition coefficient (Wildman–Crippen LogP) is 2.76. The molecule has 2 bridgehead atoms. The number of para-hydroxylation sites is 1. The lowest BCUT2D eigenvalue weighted by Gasteiger charge is -2.52. The molecule has 6 heteroatoms. The van der Waals surface area contributed by atoms with Crippen molar-refractivity contribution in [3.8, 4) is 0 Å². The highest BCUT2D eigenvalue weighted by Gasteiger charge is 2.45. The molecule has 1 aromatic heterocycles. The largest absolute Gasteiger partial charge is 0.383 e. The Hall–Kier alpha value is -2.34. The zero-order valence-corrected chi connectivity index (χ0v) is 17.0. The van der Waals surface area contributed by atoms with Crippen LogP contribution in [0.15, 0.2) is 30.5 Å². The summed E-state index contributed by atoms with van der Waals surface area (Å²) in [4.78, 5) is 30.1. The van der Waals surface area contributed by atoms with Crippen LogP contribution in [0.2, 0.25) is 0 Å². The van der Waals surface area contributed by atoms with E-state index in [1.807, 2.05) is 24.4 Å². The van der Waals surface area contributed by atoms with E-state index in [1.54, 1.807) is 7.11 Å². The summed E-state index contributed by atoms with van der Waals surface area (Å²) in [5, 5.41) is 1.01. The van der Waals surface area contributed by atoms with Crippen molar-refractivity contribution in [1.82, 2.24) is 14.4 Å². The van der Waals surface area contributed by atoms with E-state index in [2.05, 4.69) is 20.4 Å². The van der Waals surface area contributed by atoms with Crippen LogP contribution in [0.3, 0.4) is 0 Å². The first-order valence-corrected chi connectivity index (χ1v) is 10.8. The number of amides is 2. The van der Waals surface area contributed by atoms with Gasteiger partial charge in [0.05, 0.1) is 12.2 Å². The number of aromatic nitrogens is 1. The van der Waals surface area contributed by atoms with Crippen molar-refractivity contribution in [2.75, 3.05) is 33.4 Å². The molecule has 0 aliphatic carbocycles. The number of carbonyl (C=O) groups is 2. The number of likely N-dealkylation sites (tertiary alicyclic amines) is 1. The van der Waals surface area contributed by atoms with E-state index < -0.39 is 0 Å². The van der Waals surface area contributed by atoms with Crippen molar-refractivity contribution in [3.63, 3.8) is 0 Å². The first-order valence-electron chi connectivity index (χ1n) is 10.8. The Morgan fingerprint density at radius 3 is 2.93 bits per heavy atom. The molecule has 0 saturated carbocycles. The summed E-state index contributed by atoms with van der Waals surface area (Å²) in [6.07, 6.45) is 5.91. The lowest BCUT2D eigenvalue weighted by molar-refractivity contribution is -0.144. The molecular weight excluding hydrogens is 366 g/mol. The maximum atomic E-state index is 13.6. The molecule has 0 N–H and O–H groups in total. The number of hydrogen-bond acceptors (Lipinski definition) is 3. The molecule has 3 aliphatic rings. The first kappa shape index (κ1) is 18.7. The monoisotopic (exact) mass is 395 g/mol. The second-order valence-corrected chi connectivity index (χ2v) is 8.82. The molecule has 4 heterocycles. The van der Waals surface area contributed by atoms with Gasteiger partial charge in [-0.05, 0) is 37.2 Å². The SMILES string of the molecule is COCCn1cc(C(=O)N2C[C@H]3C[C@@H](C2)[C@H]2CCCC(=O)N2C3)c2ccccc21. The molecule has 0 radical (unpaired) electrons. The van der Waals surface area contributed by atoms with Gasteiger partial charge < -0.3 is 19.1 Å². The molecule has 1 aromatic carbocycles. The molecule has 0 unspecified atom stereocenters. The summed E-state index contributed by atoms with van der Waals surface area (Å²) < 4.78 is 7.37. The van der Waals surface area contributed by atoms with Gasteiger partial charge in [-0.1, -0.05) is 18.2 Å². The van der Waals surface area contributed by atoms with E-state index in [1.165, 1.54) is 0 Å². The smallest absolute Gasteiger partial charge is 0.256 e. The molecule has 3 aliphatic heterocycles. The quantitative estimate of drug-likeness (QED) is 0.800. The van der Waals surface area contributed by atoms with Gasteiger partial charge in [0.1, 0.15) is 0 Å². The number of piperidine rings is 3. The minimum atomic E-state index is 0.127. The molecule has 2 amide bonds. The highest BCUT2D eigenvalue weighted by molar-refractivity contribution is 6.07. The molecule has 29 heavy (non-hydrogen) atoms. The van der Waals surface area contributed by atoms with Crippen LogP contribution in [-0.4, -0.2) is 65.6 Å². The average molecular weight is 396 g/mol. The van der Waals surface area contributed by atoms with Gasteiger partial charge in [-0.2, -0.15) is 0 Å². The van der Waals surface area contributed by atoms with Crippen LogP contribution in [0.4, 0.5) is 0 Å². The Balaban J connectivity index is 1.41. The van der Waals surface area contributed by atoms with Gasteiger partial charge in [-0.15, -0.1) is 0 Å². The molecule has 3 atom stereocenters. The van der Waals surface area contributed by atoms with Crippen LogP contribution in [0.5, 0.6) is 0 Å². The Kier molecular flexibility index (Phi) is 4.82. The van der Waals surface area contributed by atoms with Gasteiger partial charge in [-0.3, -0.25) is 9.59 Å². The Morgan fingerprint density at radius 1 is 1.21 bits per heavy atom. The fourth-order valence-corrected chi connectivity index (χ4v) is 5.74. The summed E-state index contributed by atoms with van der Waals surface area (Å²) in [5.41, 5.74) is 1.86. The summed E-state index contributed by atoms with van der Waals surface area (Å²) in [6, 6.07) is 8.44. The Labute approximate surface area is 171 Å². The predicted molar refractivity (Wildman–Crippen MR) is 111 cm³/mol. The average Bonchev–Trinajstić information content (AvgIpc) is 3.11. The normalized spacial score (nSPS) is 26.7. The van der Waals surface area contributed by atoms with Gasteiger partial charge in [0, 0.05) is 62.9 Å². The van der Waals surface area contributed by atoms with Crippen LogP contribution in [-0.2, 0) is 16.1 Å². The summed E-state index contributed by atoms with van der Waals surface area (Å²) in [6.45, 7) is 3.69. The van der Waals surface area contributed by atoms with Crippen molar-refractivity contribution in [2.45, 2.75) is 38.3 Å². The fourth-order valence-electron chi connectivity index (χ4n) is 5.74. The van der Waals surface area contributed by atoms with Crippen molar-refractivity contribution in [3.05, 3.63) is 36.0 Å². The lowest BCUT2D eigenvalue weighted by atomic mass is 9.76. The van der Waals surface area contributed by atoms with Gasteiger partial charge in [-0.25, -0.2) is 0 Å². The highest BCUT2D eigenvalue weighted by atomic mass is 16.5. The van der Waals surface area contributed by atoms with Crippen molar-refractivity contribution in [1.29, 1.82) is 0 Å². The minimum Gasteiger partial charge on any atom is -0.383 e. The van der Waals surface area contributed by atoms with E-state index in [0.717, 1.165) is 61.9 Å². The summed E-state index contributed by atoms with van der Waals surface area (Å²) >= 11 is 0. The molecular formula is C23H29N3O3. The molecule has 154 valence electrons. The van der Waals surface area contributed by atoms with Crippen LogP contribution in [0.1, 0.15) is 36.0 Å². The van der Waals surface area contributed by atoms with Gasteiger partial charge >= 0.3 is 0 Å². The third kappa shape index (κ3) is 3.23. The number of ether oxygens (including phenoxy) is 1. The van der Waals surface area contributed by atoms with E-state index in [4.69, 9.17) is 4.74 Å². The topological polar surface area (TPSA) is 54.8 Å². The lowest BCUT2D eigenvalue weighted by Crippen LogP contribution is -2.61. The van der Waals surface area contributed by atoms with Crippen LogP contribution < -0.4 is 0 Å². The fraction of sp³-hybridized carbons (Fsp3) is 0.565. The number of benzene rings is 1. The van der Waals surface area contributed by atoms with E-state index in [-0.39, 0.29) is 5.91 Å². The Bertz CT molecular complexity index is 937. The third-order valence-electron chi connectivity index (χ3n) is 7.02. The number of nitrogens with zero attached hydrogens (tertiary/aromatic N) is 3. The molecule has 6 nitrogen and oxygen atoms in total. The van der Waals surface area contributed by atoms with E-state index >= 15 is 0 Å². The van der Waals surface area contributed by atoms with Crippen LogP contribution in [0, 0.1) is 11.8 Å². The third-order valence-corrected chi connectivity index (χ3v) is 7.02. The van der Waals surface area contributed by atoms with Crippen LogP contribution >= 0.6 is 0 Å². The second-order valence-electron chi connectivity index (χ2n) is 8.82. The molecule has 5 rings (SSSR count). The molecule has 3 saturated heterocycles. The first-order chi connectivity index (χ1) is 14.2. The van der Waals surface area contributed by atoms with Gasteiger partial charge in [0.2, 0.25) is 5.91 Å². The summed E-state index contributed by atoms with van der Waals surface area (Å²) in [5.74, 6) is 1.26. The number of carbonyl (C=O) groups excluding carboxylic acids is 2. The molecule has 0 spiro atoms. The summed E-state index contributed by atoms with van der Waals surface area (Å²) in [7, 11) is 1.70. The maximum Gasteiger partial charge on any atom is 0.256 e. The highest BCUT2D eigenvalue weighted by Crippen LogP contribution is 2.38. The van der Waals surface area contributed by atoms with Crippen molar-refractivity contribution in [2.24, 2.45) is 11.8 Å².